The molecule has 0 N–H and O–H groups in total. The molecule has 0 spiro atoms. The Balaban J connectivity index is 0.00000126. The molecule has 2 aromatic rings. The fourth-order valence-electron chi connectivity index (χ4n) is 4.88. The smallest absolute Gasteiger partial charge is 0.219 e. The highest BCUT2D eigenvalue weighted by Crippen LogP contribution is 2.42. The topological polar surface area (TPSA) is 39.1 Å². The molecule has 0 radical (unpaired) electrons. The first kappa shape index (κ1) is 24.2. The summed E-state index contributed by atoms with van der Waals surface area (Å²) in [7, 11) is 0. The third-order valence-corrected chi connectivity index (χ3v) is 8.34. The number of carbonyl (C=O) groups excluding carboxylic acids is 1. The van der Waals surface area contributed by atoms with Crippen molar-refractivity contribution in [3.8, 4) is 0 Å². The van der Waals surface area contributed by atoms with E-state index in [4.69, 9.17) is 0 Å². The average Bonchev–Trinajstić information content (AvgIpc) is 3.22. The van der Waals surface area contributed by atoms with Crippen LogP contribution in [0.4, 0.5) is 5.69 Å². The molecule has 3 heterocycles. The maximum Gasteiger partial charge on any atom is 0.219 e. The van der Waals surface area contributed by atoms with Crippen molar-refractivity contribution in [3.05, 3.63) is 56.2 Å². The quantitative estimate of drug-likeness (QED) is 0.512. The zero-order chi connectivity index (χ0) is 23.5. The monoisotopic (exact) mass is 528 g/mol. The van der Waals surface area contributed by atoms with E-state index in [0.717, 1.165) is 67.2 Å². The Morgan fingerprint density at radius 2 is 1.94 bits per heavy atom. The molecule has 1 aliphatic carbocycles. The zero-order valence-electron chi connectivity index (χ0n) is 19.8. The lowest BCUT2D eigenvalue weighted by Crippen LogP contribution is -2.47. The number of hydrogen-bond donors (Lipinski definition) is 0. The molecule has 0 bridgehead atoms. The molecule has 3 aliphatic rings. The average molecular weight is 530 g/mol. The summed E-state index contributed by atoms with van der Waals surface area (Å²) in [5.41, 5.74) is 6.39. The van der Waals surface area contributed by atoms with Crippen LogP contribution in [-0.4, -0.2) is 59.2 Å². The van der Waals surface area contributed by atoms with E-state index in [2.05, 4.69) is 61.6 Å². The third-order valence-electron chi connectivity index (χ3n) is 6.67. The fraction of sp³-hybridized carbons (Fsp3) is 0.462. The molecule has 0 saturated carbocycles. The highest BCUT2D eigenvalue weighted by Gasteiger charge is 2.29. The van der Waals surface area contributed by atoms with Crippen molar-refractivity contribution in [1.82, 2.24) is 14.7 Å². The van der Waals surface area contributed by atoms with Gasteiger partial charge in [0.2, 0.25) is 5.91 Å². The van der Waals surface area contributed by atoms with Crippen LogP contribution in [0.25, 0.3) is 5.70 Å². The lowest BCUT2D eigenvalue weighted by atomic mass is 9.86. The van der Waals surface area contributed by atoms with E-state index in [1.54, 1.807) is 18.3 Å². The van der Waals surface area contributed by atoms with Crippen molar-refractivity contribution in [1.29, 1.82) is 0 Å². The maximum atomic E-state index is 11.5. The Morgan fingerprint density at radius 1 is 1.18 bits per heavy atom. The van der Waals surface area contributed by atoms with Crippen LogP contribution >= 0.6 is 27.3 Å². The number of piperazine rings is 1. The van der Waals surface area contributed by atoms with Gasteiger partial charge in [-0.25, -0.2) is 4.99 Å². The third kappa shape index (κ3) is 5.26. The van der Waals surface area contributed by atoms with Gasteiger partial charge >= 0.3 is 0 Å². The molecule has 33 heavy (non-hydrogen) atoms. The fourth-order valence-corrected chi connectivity index (χ4v) is 6.39. The minimum absolute atomic E-state index is 0.187. The van der Waals surface area contributed by atoms with Crippen molar-refractivity contribution >= 4 is 50.9 Å². The molecule has 1 amide bonds. The number of aliphatic imine (C=N–C) groups is 1. The molecule has 5 rings (SSSR count). The Bertz CT molecular complexity index is 1050. The summed E-state index contributed by atoms with van der Waals surface area (Å²) < 4.78 is 1.10. The second kappa shape index (κ2) is 10.5. The standard InChI is InChI=1S/C24H27BrN4OS.C2H6/c1-16-24-22(13-23(25)31-24)26-15-29(16)21-6-5-19-11-18(3-4-20(19)12-21)14-27-7-9-28(10-8-27)17(2)30;1-2/h3-4,11,13,15,21H,1,5-10,12,14H2,2H3;1-2H3. The Morgan fingerprint density at radius 3 is 2.67 bits per heavy atom. The molecule has 1 saturated heterocycles. The normalized spacial score (nSPS) is 20.1. The molecule has 176 valence electrons. The van der Waals surface area contributed by atoms with E-state index in [9.17, 15) is 4.79 Å². The first-order chi connectivity index (χ1) is 16.0. The van der Waals surface area contributed by atoms with E-state index in [-0.39, 0.29) is 5.91 Å². The molecule has 2 aliphatic heterocycles. The zero-order valence-corrected chi connectivity index (χ0v) is 22.2. The van der Waals surface area contributed by atoms with Gasteiger partial charge in [0.15, 0.2) is 0 Å². The van der Waals surface area contributed by atoms with Crippen molar-refractivity contribution in [2.24, 2.45) is 4.99 Å². The van der Waals surface area contributed by atoms with E-state index < -0.39 is 0 Å². The minimum Gasteiger partial charge on any atom is -0.340 e. The number of halogens is 1. The lowest BCUT2D eigenvalue weighted by molar-refractivity contribution is -0.130. The van der Waals surface area contributed by atoms with Crippen LogP contribution in [0, 0.1) is 0 Å². The molecule has 1 atom stereocenters. The van der Waals surface area contributed by atoms with E-state index >= 15 is 0 Å². The van der Waals surface area contributed by atoms with Crippen LogP contribution in [0.3, 0.4) is 0 Å². The summed E-state index contributed by atoms with van der Waals surface area (Å²) in [5.74, 6) is 0.187. The lowest BCUT2D eigenvalue weighted by Gasteiger charge is -2.36. The summed E-state index contributed by atoms with van der Waals surface area (Å²) in [6.07, 6.45) is 5.19. The summed E-state index contributed by atoms with van der Waals surface area (Å²) in [4.78, 5) is 24.0. The van der Waals surface area contributed by atoms with Crippen LogP contribution in [0.15, 0.2) is 39.6 Å². The van der Waals surface area contributed by atoms with Crippen molar-refractivity contribution in [2.75, 3.05) is 26.2 Å². The van der Waals surface area contributed by atoms with E-state index in [1.165, 1.54) is 21.6 Å². The first-order valence-electron chi connectivity index (χ1n) is 11.9. The van der Waals surface area contributed by atoms with Gasteiger partial charge < -0.3 is 9.80 Å². The number of thiophene rings is 1. The predicted octanol–water partition coefficient (Wildman–Crippen LogP) is 5.70. The van der Waals surface area contributed by atoms with Gasteiger partial charge in [0.25, 0.3) is 0 Å². The molecule has 5 nitrogen and oxygen atoms in total. The Kier molecular flexibility index (Phi) is 7.72. The number of fused-ring (bicyclic) bond motifs is 2. The number of nitrogens with zero attached hydrogens (tertiary/aromatic N) is 4. The van der Waals surface area contributed by atoms with Crippen molar-refractivity contribution in [3.63, 3.8) is 0 Å². The van der Waals surface area contributed by atoms with Gasteiger partial charge in [-0.1, -0.05) is 38.6 Å². The molecule has 1 fully saturated rings. The Labute approximate surface area is 209 Å². The van der Waals surface area contributed by atoms with Gasteiger partial charge in [-0.3, -0.25) is 9.69 Å². The number of rotatable bonds is 3. The summed E-state index contributed by atoms with van der Waals surface area (Å²) >= 11 is 5.28. The van der Waals surface area contributed by atoms with Crippen molar-refractivity contribution in [2.45, 2.75) is 52.6 Å². The van der Waals surface area contributed by atoms with Crippen LogP contribution < -0.4 is 0 Å². The number of amides is 1. The number of benzene rings is 1. The Hall–Kier alpha value is -1.96. The second-order valence-electron chi connectivity index (χ2n) is 8.65. The molecule has 7 heteroatoms. The molecule has 1 aromatic carbocycles. The number of carbonyl (C=O) groups is 1. The maximum absolute atomic E-state index is 11.5. The highest BCUT2D eigenvalue weighted by molar-refractivity contribution is 9.11. The molecular formula is C26H33BrN4OS. The van der Waals surface area contributed by atoms with Gasteiger partial charge in [0, 0.05) is 45.7 Å². The van der Waals surface area contributed by atoms with Crippen LogP contribution in [-0.2, 0) is 24.2 Å². The highest BCUT2D eigenvalue weighted by atomic mass is 79.9. The largest absolute Gasteiger partial charge is 0.340 e. The first-order valence-corrected chi connectivity index (χ1v) is 13.5. The van der Waals surface area contributed by atoms with Gasteiger partial charge in [-0.05, 0) is 57.9 Å². The van der Waals surface area contributed by atoms with Gasteiger partial charge in [0.05, 0.1) is 26.4 Å². The van der Waals surface area contributed by atoms with Gasteiger partial charge in [-0.2, -0.15) is 0 Å². The number of hydrogen-bond acceptors (Lipinski definition) is 5. The summed E-state index contributed by atoms with van der Waals surface area (Å²) in [6.45, 7) is 14.6. The van der Waals surface area contributed by atoms with Crippen LogP contribution in [0.2, 0.25) is 0 Å². The molecular weight excluding hydrogens is 496 g/mol. The van der Waals surface area contributed by atoms with Gasteiger partial charge in [0.1, 0.15) is 0 Å². The van der Waals surface area contributed by atoms with Crippen LogP contribution in [0.5, 0.6) is 0 Å². The number of aryl methyl sites for hydroxylation is 1. The van der Waals surface area contributed by atoms with E-state index in [1.807, 2.05) is 25.1 Å². The van der Waals surface area contributed by atoms with Gasteiger partial charge in [-0.15, -0.1) is 11.3 Å². The van der Waals surface area contributed by atoms with E-state index in [0.29, 0.717) is 6.04 Å². The summed E-state index contributed by atoms with van der Waals surface area (Å²) in [5, 5.41) is 0. The van der Waals surface area contributed by atoms with Crippen LogP contribution in [0.1, 0.15) is 48.8 Å². The second-order valence-corrected chi connectivity index (χ2v) is 11.1. The minimum atomic E-state index is 0.187. The SMILES string of the molecule is C=C1c2sc(Br)cc2N=CN1C1CCc2cc(CN3CCN(C(C)=O)CC3)ccc2C1.CC. The van der Waals surface area contributed by atoms with Crippen molar-refractivity contribution < 1.29 is 4.79 Å². The molecule has 1 aromatic heterocycles. The molecule has 1 unspecified atom stereocenters. The summed E-state index contributed by atoms with van der Waals surface area (Å²) in [6, 6.07) is 9.47. The predicted molar refractivity (Wildman–Crippen MR) is 142 cm³/mol.